The summed E-state index contributed by atoms with van der Waals surface area (Å²) in [7, 11) is 0. The molecule has 0 saturated carbocycles. The number of aromatic nitrogens is 1. The van der Waals surface area contributed by atoms with Crippen LogP contribution in [0.15, 0.2) is 5.38 Å². The maximum absolute atomic E-state index is 12.0. The van der Waals surface area contributed by atoms with Crippen LogP contribution in [0.3, 0.4) is 0 Å². The number of thiazole rings is 1. The number of carbonyl (C=O) groups is 2. The molecule has 7 heteroatoms. The van der Waals surface area contributed by atoms with Gasteiger partial charge >= 0.3 is 5.97 Å². The van der Waals surface area contributed by atoms with Crippen LogP contribution < -0.4 is 10.6 Å². The van der Waals surface area contributed by atoms with Gasteiger partial charge in [-0.1, -0.05) is 0 Å². The number of amides is 1. The molecule has 1 aromatic rings. The summed E-state index contributed by atoms with van der Waals surface area (Å²) in [5, 5.41) is 17.0. The van der Waals surface area contributed by atoms with Crippen molar-refractivity contribution in [2.24, 2.45) is 5.92 Å². The van der Waals surface area contributed by atoms with Crippen molar-refractivity contribution in [3.8, 4) is 0 Å². The first kappa shape index (κ1) is 14.0. The van der Waals surface area contributed by atoms with Crippen molar-refractivity contribution in [1.82, 2.24) is 15.6 Å². The summed E-state index contributed by atoms with van der Waals surface area (Å²) in [5.74, 6) is -1.04. The van der Waals surface area contributed by atoms with Gasteiger partial charge in [-0.25, -0.2) is 9.78 Å². The van der Waals surface area contributed by atoms with E-state index in [0.717, 1.165) is 19.4 Å². The van der Waals surface area contributed by atoms with E-state index in [-0.39, 0.29) is 23.6 Å². The van der Waals surface area contributed by atoms with Crippen LogP contribution in [0, 0.1) is 5.92 Å². The van der Waals surface area contributed by atoms with Crippen LogP contribution in [0.2, 0.25) is 0 Å². The number of hydrogen-bond acceptors (Lipinski definition) is 5. The predicted molar refractivity (Wildman–Crippen MR) is 71.2 cm³/mol. The molecule has 2 heterocycles. The van der Waals surface area contributed by atoms with E-state index in [9.17, 15) is 9.59 Å². The number of hydrogen-bond donors (Lipinski definition) is 3. The fraction of sp³-hybridized carbons (Fsp3) is 0.583. The molecule has 0 spiro atoms. The molecule has 1 amide bonds. The van der Waals surface area contributed by atoms with Gasteiger partial charge in [-0.15, -0.1) is 11.3 Å². The van der Waals surface area contributed by atoms with E-state index in [4.69, 9.17) is 5.11 Å². The molecule has 2 unspecified atom stereocenters. The van der Waals surface area contributed by atoms with Crippen LogP contribution in [-0.2, 0) is 4.79 Å². The Hall–Kier alpha value is -1.47. The Morgan fingerprint density at radius 2 is 2.42 bits per heavy atom. The third-order valence-corrected chi connectivity index (χ3v) is 4.17. The second-order valence-corrected chi connectivity index (χ2v) is 5.54. The lowest BCUT2D eigenvalue weighted by atomic mass is 9.98. The molecule has 2 atom stereocenters. The Morgan fingerprint density at radius 1 is 1.63 bits per heavy atom. The summed E-state index contributed by atoms with van der Waals surface area (Å²) in [6, 6.07) is -0.257. The van der Waals surface area contributed by atoms with Crippen molar-refractivity contribution < 1.29 is 14.7 Å². The quantitative estimate of drug-likeness (QED) is 0.767. The Kier molecular flexibility index (Phi) is 4.49. The van der Waals surface area contributed by atoms with Gasteiger partial charge in [0.05, 0.1) is 12.0 Å². The highest BCUT2D eigenvalue weighted by atomic mass is 32.1. The van der Waals surface area contributed by atoms with E-state index < -0.39 is 5.97 Å². The zero-order valence-corrected chi connectivity index (χ0v) is 11.5. The van der Waals surface area contributed by atoms with Crippen molar-refractivity contribution in [2.75, 3.05) is 13.1 Å². The van der Waals surface area contributed by atoms with E-state index in [2.05, 4.69) is 15.6 Å². The van der Waals surface area contributed by atoms with Gasteiger partial charge in [0.1, 0.15) is 5.01 Å². The summed E-state index contributed by atoms with van der Waals surface area (Å²) in [6.45, 7) is 3.49. The Labute approximate surface area is 115 Å². The first-order valence-electron chi connectivity index (χ1n) is 6.27. The van der Waals surface area contributed by atoms with Crippen LogP contribution in [0.4, 0.5) is 0 Å². The van der Waals surface area contributed by atoms with Gasteiger partial charge in [-0.2, -0.15) is 0 Å². The fourth-order valence-electron chi connectivity index (χ4n) is 2.05. The molecule has 1 aliphatic rings. The summed E-state index contributed by atoms with van der Waals surface area (Å²) in [6.07, 6.45) is 1.90. The third kappa shape index (κ3) is 3.51. The highest BCUT2D eigenvalue weighted by Crippen LogP contribution is 2.19. The topological polar surface area (TPSA) is 91.3 Å². The van der Waals surface area contributed by atoms with E-state index >= 15 is 0 Å². The van der Waals surface area contributed by atoms with Gasteiger partial charge in [0.2, 0.25) is 5.91 Å². The minimum absolute atomic E-state index is 0.00453. The Bertz CT molecular complexity index is 469. The van der Waals surface area contributed by atoms with Crippen molar-refractivity contribution in [3.05, 3.63) is 16.1 Å². The number of carboxylic acids is 1. The smallest absolute Gasteiger partial charge is 0.355 e. The van der Waals surface area contributed by atoms with Gasteiger partial charge in [-0.3, -0.25) is 4.79 Å². The Morgan fingerprint density at radius 3 is 3.00 bits per heavy atom. The van der Waals surface area contributed by atoms with E-state index in [1.54, 1.807) is 0 Å². The van der Waals surface area contributed by atoms with Gasteiger partial charge in [-0.05, 0) is 26.3 Å². The molecule has 0 bridgehead atoms. The largest absolute Gasteiger partial charge is 0.476 e. The average Bonchev–Trinajstić information content (AvgIpc) is 2.89. The normalized spacial score (nSPS) is 20.8. The molecule has 6 nitrogen and oxygen atoms in total. The maximum atomic E-state index is 12.0. The van der Waals surface area contributed by atoms with Crippen LogP contribution in [0.5, 0.6) is 0 Å². The lowest BCUT2D eigenvalue weighted by Gasteiger charge is -2.23. The molecule has 0 radical (unpaired) electrons. The highest BCUT2D eigenvalue weighted by molar-refractivity contribution is 7.09. The Balaban J connectivity index is 1.93. The lowest BCUT2D eigenvalue weighted by Crippen LogP contribution is -2.41. The molecule has 2 rings (SSSR count). The molecule has 1 fully saturated rings. The van der Waals surface area contributed by atoms with Gasteiger partial charge in [0.25, 0.3) is 0 Å². The van der Waals surface area contributed by atoms with Crippen molar-refractivity contribution in [1.29, 1.82) is 0 Å². The van der Waals surface area contributed by atoms with E-state index in [0.29, 0.717) is 11.6 Å². The number of carbonyl (C=O) groups excluding carboxylic acids is 1. The van der Waals surface area contributed by atoms with E-state index in [1.807, 2.05) is 6.92 Å². The summed E-state index contributed by atoms with van der Waals surface area (Å²) in [4.78, 5) is 26.8. The predicted octanol–water partition coefficient (Wildman–Crippen LogP) is 1.02. The first-order chi connectivity index (χ1) is 9.08. The van der Waals surface area contributed by atoms with Crippen molar-refractivity contribution in [2.45, 2.75) is 25.8 Å². The minimum atomic E-state index is -1.04. The zero-order chi connectivity index (χ0) is 13.8. The van der Waals surface area contributed by atoms with Crippen LogP contribution >= 0.6 is 11.3 Å². The molecule has 1 saturated heterocycles. The monoisotopic (exact) mass is 283 g/mol. The SMILES string of the molecule is CC(NC(=O)C1CCCNC1)c1nc(C(=O)O)cs1. The van der Waals surface area contributed by atoms with Crippen LogP contribution in [-0.4, -0.2) is 35.1 Å². The summed E-state index contributed by atoms with van der Waals surface area (Å²) >= 11 is 1.25. The molecule has 104 valence electrons. The van der Waals surface area contributed by atoms with Crippen LogP contribution in [0.1, 0.15) is 41.3 Å². The number of rotatable bonds is 4. The molecular formula is C12H17N3O3S. The maximum Gasteiger partial charge on any atom is 0.355 e. The van der Waals surface area contributed by atoms with Gasteiger partial charge < -0.3 is 15.7 Å². The highest BCUT2D eigenvalue weighted by Gasteiger charge is 2.23. The third-order valence-electron chi connectivity index (χ3n) is 3.14. The summed E-state index contributed by atoms with van der Waals surface area (Å²) in [5.41, 5.74) is 0.0282. The molecule has 3 N–H and O–H groups in total. The molecule has 1 aromatic heterocycles. The number of aromatic carboxylic acids is 1. The van der Waals surface area contributed by atoms with Crippen molar-refractivity contribution >= 4 is 23.2 Å². The van der Waals surface area contributed by atoms with Gasteiger partial charge in [0, 0.05) is 11.9 Å². The standard InChI is InChI=1S/C12H17N3O3S/c1-7(11-15-9(6-19-11)12(17)18)14-10(16)8-3-2-4-13-5-8/h6-8,13H,2-5H2,1H3,(H,14,16)(H,17,18). The zero-order valence-electron chi connectivity index (χ0n) is 10.7. The van der Waals surface area contributed by atoms with E-state index in [1.165, 1.54) is 16.7 Å². The minimum Gasteiger partial charge on any atom is -0.476 e. The fourth-order valence-corrected chi connectivity index (χ4v) is 2.85. The number of nitrogens with zero attached hydrogens (tertiary/aromatic N) is 1. The molecule has 1 aliphatic heterocycles. The number of carboxylic acid groups (broad SMARTS) is 1. The second-order valence-electron chi connectivity index (χ2n) is 4.65. The molecular weight excluding hydrogens is 266 g/mol. The first-order valence-corrected chi connectivity index (χ1v) is 7.15. The van der Waals surface area contributed by atoms with Crippen molar-refractivity contribution in [3.63, 3.8) is 0 Å². The molecule has 0 aliphatic carbocycles. The summed E-state index contributed by atoms with van der Waals surface area (Å²) < 4.78 is 0. The number of piperidine rings is 1. The lowest BCUT2D eigenvalue weighted by molar-refractivity contribution is -0.126. The average molecular weight is 283 g/mol. The van der Waals surface area contributed by atoms with Crippen LogP contribution in [0.25, 0.3) is 0 Å². The second kappa shape index (κ2) is 6.12. The number of nitrogens with one attached hydrogen (secondary N) is 2. The molecule has 0 aromatic carbocycles. The molecule has 19 heavy (non-hydrogen) atoms. The van der Waals surface area contributed by atoms with Gasteiger partial charge in [0.15, 0.2) is 5.69 Å².